The molecule has 0 aliphatic carbocycles. The van der Waals surface area contributed by atoms with Crippen molar-refractivity contribution in [3.8, 4) is 5.88 Å². The Morgan fingerprint density at radius 3 is 2.80 bits per heavy atom. The first-order chi connectivity index (χ1) is 11.8. The van der Waals surface area contributed by atoms with E-state index in [2.05, 4.69) is 18.8 Å². The lowest BCUT2D eigenvalue weighted by atomic mass is 9.83. The lowest BCUT2D eigenvalue weighted by Gasteiger charge is -2.49. The van der Waals surface area contributed by atoms with Crippen LogP contribution in [0.3, 0.4) is 0 Å². The van der Waals surface area contributed by atoms with Crippen LogP contribution in [0.25, 0.3) is 0 Å². The van der Waals surface area contributed by atoms with Gasteiger partial charge >= 0.3 is 0 Å². The van der Waals surface area contributed by atoms with Crippen LogP contribution in [-0.4, -0.2) is 54.4 Å². The Morgan fingerprint density at radius 1 is 1.40 bits per heavy atom. The molecule has 7 heteroatoms. The van der Waals surface area contributed by atoms with Gasteiger partial charge in [0.15, 0.2) is 9.84 Å². The van der Waals surface area contributed by atoms with Gasteiger partial charge in [0.1, 0.15) is 4.75 Å². The Kier molecular flexibility index (Phi) is 5.04. The third-order valence-corrected chi connectivity index (χ3v) is 7.98. The number of carbonyl (C=O) groups is 1. The average molecular weight is 366 g/mol. The normalized spacial score (nSPS) is 23.6. The number of nitrogens with zero attached hydrogens (tertiary/aromatic N) is 2. The van der Waals surface area contributed by atoms with E-state index in [1.165, 1.54) is 0 Å². The molecule has 1 amide bonds. The molecule has 2 fully saturated rings. The maximum atomic E-state index is 12.6. The monoisotopic (exact) mass is 366 g/mol. The molecule has 2 saturated heterocycles. The van der Waals surface area contributed by atoms with Crippen molar-refractivity contribution >= 4 is 15.7 Å². The molecule has 0 N–H and O–H groups in total. The number of pyridine rings is 1. The number of ether oxygens (including phenoxy) is 1. The summed E-state index contributed by atoms with van der Waals surface area (Å²) in [6.45, 7) is 5.10. The quantitative estimate of drug-likeness (QED) is 0.769. The predicted octanol–water partition coefficient (Wildman–Crippen LogP) is 1.91. The number of aromatic nitrogens is 1. The molecular weight excluding hydrogens is 340 g/mol. The Morgan fingerprint density at radius 2 is 2.16 bits per heavy atom. The molecule has 25 heavy (non-hydrogen) atoms. The topological polar surface area (TPSA) is 76.6 Å². The SMILES string of the molecule is CC(C)CCC(=O)N1CC2(C1)[C@@H](COc1ccccn1)CCS2(=O)=O. The van der Waals surface area contributed by atoms with Crippen LogP contribution in [0.15, 0.2) is 24.4 Å². The van der Waals surface area contributed by atoms with E-state index in [1.807, 2.05) is 6.07 Å². The van der Waals surface area contributed by atoms with Crippen LogP contribution in [0.4, 0.5) is 0 Å². The molecule has 6 nitrogen and oxygen atoms in total. The number of sulfone groups is 1. The second kappa shape index (κ2) is 6.94. The third kappa shape index (κ3) is 3.52. The minimum Gasteiger partial charge on any atom is -0.477 e. The van der Waals surface area contributed by atoms with Crippen LogP contribution in [0.1, 0.15) is 33.1 Å². The van der Waals surface area contributed by atoms with Gasteiger partial charge in [0, 0.05) is 37.7 Å². The minimum atomic E-state index is -3.20. The van der Waals surface area contributed by atoms with Gasteiger partial charge in [-0.25, -0.2) is 13.4 Å². The molecule has 0 unspecified atom stereocenters. The van der Waals surface area contributed by atoms with Crippen LogP contribution >= 0.6 is 0 Å². The van der Waals surface area contributed by atoms with Crippen molar-refractivity contribution in [3.63, 3.8) is 0 Å². The van der Waals surface area contributed by atoms with Crippen LogP contribution in [0, 0.1) is 11.8 Å². The van der Waals surface area contributed by atoms with Crippen molar-refractivity contribution in [2.45, 2.75) is 37.9 Å². The number of likely N-dealkylation sites (tertiary alicyclic amines) is 1. The van der Waals surface area contributed by atoms with Crippen molar-refractivity contribution < 1.29 is 17.9 Å². The molecule has 0 saturated carbocycles. The summed E-state index contributed by atoms with van der Waals surface area (Å²) in [5.41, 5.74) is 0. The minimum absolute atomic E-state index is 0.0609. The summed E-state index contributed by atoms with van der Waals surface area (Å²) in [6, 6.07) is 5.40. The maximum Gasteiger partial charge on any atom is 0.222 e. The number of amides is 1. The van der Waals surface area contributed by atoms with Crippen LogP contribution < -0.4 is 4.74 Å². The number of rotatable bonds is 6. The van der Waals surface area contributed by atoms with E-state index < -0.39 is 14.6 Å². The highest BCUT2D eigenvalue weighted by molar-refractivity contribution is 7.93. The van der Waals surface area contributed by atoms with Crippen LogP contribution in [-0.2, 0) is 14.6 Å². The summed E-state index contributed by atoms with van der Waals surface area (Å²) in [5, 5.41) is 0. The van der Waals surface area contributed by atoms with Gasteiger partial charge in [-0.3, -0.25) is 4.79 Å². The van der Waals surface area contributed by atoms with Crippen molar-refractivity contribution in [2.24, 2.45) is 11.8 Å². The van der Waals surface area contributed by atoms with E-state index in [9.17, 15) is 13.2 Å². The molecule has 2 aliphatic rings. The van der Waals surface area contributed by atoms with E-state index in [-0.39, 0.29) is 17.6 Å². The largest absolute Gasteiger partial charge is 0.477 e. The standard InChI is InChI=1S/C18H26N2O4S/c1-14(2)6-7-17(21)20-12-18(13-20)15(8-10-25(18,22)23)11-24-16-5-3-4-9-19-16/h3-5,9,14-15H,6-8,10-13H2,1-2H3/t15-/m1/s1. The fourth-order valence-electron chi connectivity index (χ4n) is 3.67. The van der Waals surface area contributed by atoms with Crippen molar-refractivity contribution in [2.75, 3.05) is 25.4 Å². The maximum absolute atomic E-state index is 12.6. The van der Waals surface area contributed by atoms with E-state index in [4.69, 9.17) is 4.74 Å². The molecular formula is C18H26N2O4S. The molecule has 0 aromatic carbocycles. The van der Waals surface area contributed by atoms with Crippen LogP contribution in [0.5, 0.6) is 5.88 Å². The molecule has 138 valence electrons. The average Bonchev–Trinajstić information content (AvgIpc) is 2.81. The van der Waals surface area contributed by atoms with Gasteiger partial charge in [-0.2, -0.15) is 0 Å². The van der Waals surface area contributed by atoms with Gasteiger partial charge in [0.05, 0.1) is 12.4 Å². The Labute approximate surface area is 149 Å². The first kappa shape index (κ1) is 18.2. The van der Waals surface area contributed by atoms with Crippen LogP contribution in [0.2, 0.25) is 0 Å². The van der Waals surface area contributed by atoms with Crippen molar-refractivity contribution in [1.82, 2.24) is 9.88 Å². The smallest absolute Gasteiger partial charge is 0.222 e. The summed E-state index contributed by atoms with van der Waals surface area (Å²) in [5.74, 6) is 1.12. The molecule has 1 aromatic rings. The zero-order valence-corrected chi connectivity index (χ0v) is 15.7. The van der Waals surface area contributed by atoms with Gasteiger partial charge in [0.2, 0.25) is 11.8 Å². The second-order valence-electron chi connectivity index (χ2n) is 7.53. The first-order valence-corrected chi connectivity index (χ1v) is 10.5. The zero-order valence-electron chi connectivity index (χ0n) is 14.8. The highest BCUT2D eigenvalue weighted by Crippen LogP contribution is 2.45. The Hall–Kier alpha value is -1.63. The summed E-state index contributed by atoms with van der Waals surface area (Å²) < 4.78 is 30.1. The van der Waals surface area contributed by atoms with E-state index in [1.54, 1.807) is 23.2 Å². The van der Waals surface area contributed by atoms with E-state index >= 15 is 0 Å². The summed E-state index contributed by atoms with van der Waals surface area (Å²) in [6.07, 6.45) is 3.56. The highest BCUT2D eigenvalue weighted by Gasteiger charge is 2.62. The molecule has 3 heterocycles. The Balaban J connectivity index is 1.63. The number of carbonyl (C=O) groups excluding carboxylic acids is 1. The molecule has 1 spiro atoms. The summed E-state index contributed by atoms with van der Waals surface area (Å²) in [7, 11) is -3.20. The highest BCUT2D eigenvalue weighted by atomic mass is 32.2. The molecule has 1 atom stereocenters. The Bertz CT molecular complexity index is 712. The summed E-state index contributed by atoms with van der Waals surface area (Å²) in [4.78, 5) is 18.1. The molecule has 2 aliphatic heterocycles. The van der Waals surface area contributed by atoms with Gasteiger partial charge in [0.25, 0.3) is 0 Å². The number of hydrogen-bond donors (Lipinski definition) is 0. The van der Waals surface area contributed by atoms with E-state index in [0.29, 0.717) is 44.3 Å². The fraction of sp³-hybridized carbons (Fsp3) is 0.667. The predicted molar refractivity (Wildman–Crippen MR) is 95.0 cm³/mol. The molecule has 3 rings (SSSR count). The first-order valence-electron chi connectivity index (χ1n) is 8.88. The zero-order chi connectivity index (χ0) is 18.1. The van der Waals surface area contributed by atoms with E-state index in [0.717, 1.165) is 6.42 Å². The fourth-order valence-corrected chi connectivity index (χ4v) is 6.07. The van der Waals surface area contributed by atoms with Crippen molar-refractivity contribution in [1.29, 1.82) is 0 Å². The van der Waals surface area contributed by atoms with Gasteiger partial charge in [-0.05, 0) is 24.8 Å². The van der Waals surface area contributed by atoms with Gasteiger partial charge in [-0.15, -0.1) is 0 Å². The van der Waals surface area contributed by atoms with Gasteiger partial charge in [-0.1, -0.05) is 19.9 Å². The molecule has 0 bridgehead atoms. The molecule has 1 aromatic heterocycles. The summed E-state index contributed by atoms with van der Waals surface area (Å²) >= 11 is 0. The second-order valence-corrected chi connectivity index (χ2v) is 9.98. The number of hydrogen-bond acceptors (Lipinski definition) is 5. The lowest BCUT2D eigenvalue weighted by Crippen LogP contribution is -2.68. The third-order valence-electron chi connectivity index (χ3n) is 5.37. The van der Waals surface area contributed by atoms with Crippen molar-refractivity contribution in [3.05, 3.63) is 24.4 Å². The molecule has 0 radical (unpaired) electrons. The van der Waals surface area contributed by atoms with Gasteiger partial charge < -0.3 is 9.64 Å². The lowest BCUT2D eigenvalue weighted by molar-refractivity contribution is -0.137.